The second-order valence-corrected chi connectivity index (χ2v) is 5.96. The number of benzene rings is 1. The highest BCUT2D eigenvalue weighted by Crippen LogP contribution is 2.38. The van der Waals surface area contributed by atoms with Crippen LogP contribution in [0.3, 0.4) is 0 Å². The van der Waals surface area contributed by atoms with E-state index in [4.69, 9.17) is 31.5 Å². The summed E-state index contributed by atoms with van der Waals surface area (Å²) in [4.78, 5) is 12.3. The number of nitrogens with one attached hydrogen (secondary N) is 1. The summed E-state index contributed by atoms with van der Waals surface area (Å²) in [7, 11) is 0. The quantitative estimate of drug-likeness (QED) is 0.854. The molecular weight excluding hydrogens is 343 g/mol. The van der Waals surface area contributed by atoms with Crippen molar-refractivity contribution in [3.05, 3.63) is 22.7 Å². The van der Waals surface area contributed by atoms with E-state index in [0.29, 0.717) is 62.3 Å². The lowest BCUT2D eigenvalue weighted by Crippen LogP contribution is -2.56. The fourth-order valence-corrected chi connectivity index (χ4v) is 2.88. The molecule has 1 aromatic carbocycles. The smallest absolute Gasteiger partial charge is 0.240 e. The summed E-state index contributed by atoms with van der Waals surface area (Å²) in [6, 6.07) is 3.59. The van der Waals surface area contributed by atoms with Crippen molar-refractivity contribution in [2.75, 3.05) is 26.4 Å². The van der Waals surface area contributed by atoms with E-state index >= 15 is 0 Å². The number of carbonyl (C=O) groups is 1. The maximum Gasteiger partial charge on any atom is 0.240 e. The van der Waals surface area contributed by atoms with Gasteiger partial charge < -0.3 is 25.3 Å². The predicted molar refractivity (Wildman–Crippen MR) is 88.5 cm³/mol. The molecule has 0 radical (unpaired) electrons. The van der Waals surface area contributed by atoms with Crippen LogP contribution in [0.4, 0.5) is 0 Å². The van der Waals surface area contributed by atoms with Crippen LogP contribution in [-0.4, -0.2) is 37.9 Å². The highest BCUT2D eigenvalue weighted by atomic mass is 35.5. The summed E-state index contributed by atoms with van der Waals surface area (Å²) in [6.45, 7) is 2.35. The average molecular weight is 363 g/mol. The van der Waals surface area contributed by atoms with Crippen LogP contribution in [0.5, 0.6) is 11.5 Å². The van der Waals surface area contributed by atoms with Gasteiger partial charge in [-0.05, 0) is 30.5 Å². The van der Waals surface area contributed by atoms with Crippen LogP contribution in [0.15, 0.2) is 12.1 Å². The Labute approximate surface area is 146 Å². The SMILES string of the molecule is Cl.NC1(C(=O)NCc2cc(Cl)c3c(c2)OCCO3)CCOCC1. The van der Waals surface area contributed by atoms with Crippen LogP contribution < -0.4 is 20.5 Å². The molecule has 1 saturated heterocycles. The summed E-state index contributed by atoms with van der Waals surface area (Å²) in [5.74, 6) is 1.00. The lowest BCUT2D eigenvalue weighted by Gasteiger charge is -2.31. The molecule has 0 bridgehead atoms. The lowest BCUT2D eigenvalue weighted by atomic mass is 9.90. The van der Waals surface area contributed by atoms with Gasteiger partial charge in [0.25, 0.3) is 0 Å². The van der Waals surface area contributed by atoms with Crippen molar-refractivity contribution in [3.8, 4) is 11.5 Å². The first-order valence-electron chi connectivity index (χ1n) is 7.31. The molecule has 1 amide bonds. The van der Waals surface area contributed by atoms with E-state index < -0.39 is 5.54 Å². The molecule has 0 aliphatic carbocycles. The monoisotopic (exact) mass is 362 g/mol. The molecule has 6 nitrogen and oxygen atoms in total. The number of hydrogen-bond donors (Lipinski definition) is 2. The van der Waals surface area contributed by atoms with Crippen molar-refractivity contribution >= 4 is 29.9 Å². The van der Waals surface area contributed by atoms with Crippen molar-refractivity contribution < 1.29 is 19.0 Å². The average Bonchev–Trinajstić information content (AvgIpc) is 2.53. The zero-order valence-corrected chi connectivity index (χ0v) is 14.2. The Morgan fingerprint density at radius 1 is 1.22 bits per heavy atom. The van der Waals surface area contributed by atoms with Gasteiger partial charge in [0.1, 0.15) is 13.2 Å². The van der Waals surface area contributed by atoms with Gasteiger partial charge in [-0.15, -0.1) is 12.4 Å². The van der Waals surface area contributed by atoms with E-state index in [-0.39, 0.29) is 18.3 Å². The summed E-state index contributed by atoms with van der Waals surface area (Å²) in [5, 5.41) is 3.35. The van der Waals surface area contributed by atoms with Crippen molar-refractivity contribution in [2.24, 2.45) is 5.73 Å². The molecule has 0 saturated carbocycles. The number of carbonyl (C=O) groups excluding carboxylic acids is 1. The van der Waals surface area contributed by atoms with Crippen LogP contribution in [-0.2, 0) is 16.1 Å². The third kappa shape index (κ3) is 4.01. The van der Waals surface area contributed by atoms with Crippen molar-refractivity contribution in [3.63, 3.8) is 0 Å². The number of halogens is 2. The predicted octanol–water partition coefficient (Wildman–Crippen LogP) is 1.66. The molecule has 0 atom stereocenters. The molecule has 1 fully saturated rings. The number of ether oxygens (including phenoxy) is 3. The third-order valence-electron chi connectivity index (χ3n) is 3.95. The Balaban J connectivity index is 0.00000192. The zero-order chi connectivity index (χ0) is 15.6. The molecule has 2 aliphatic rings. The van der Waals surface area contributed by atoms with Gasteiger partial charge in [0.05, 0.1) is 10.6 Å². The van der Waals surface area contributed by atoms with Gasteiger partial charge in [-0.1, -0.05) is 11.6 Å². The molecule has 1 aromatic rings. The standard InChI is InChI=1S/C15H19ClN2O4.ClH/c16-11-7-10(8-12-13(11)22-6-5-21-12)9-18-14(19)15(17)1-3-20-4-2-15;/h7-8H,1-6,9,17H2,(H,18,19);1H. The molecule has 23 heavy (non-hydrogen) atoms. The van der Waals surface area contributed by atoms with Crippen molar-refractivity contribution in [1.29, 1.82) is 0 Å². The van der Waals surface area contributed by atoms with E-state index in [2.05, 4.69) is 5.32 Å². The highest BCUT2D eigenvalue weighted by molar-refractivity contribution is 6.32. The summed E-state index contributed by atoms with van der Waals surface area (Å²) in [6.07, 6.45) is 1.06. The van der Waals surface area contributed by atoms with Crippen molar-refractivity contribution in [2.45, 2.75) is 24.9 Å². The minimum absolute atomic E-state index is 0. The van der Waals surface area contributed by atoms with Gasteiger partial charge >= 0.3 is 0 Å². The first-order chi connectivity index (χ1) is 10.6. The maximum atomic E-state index is 12.3. The topological polar surface area (TPSA) is 82.8 Å². The Morgan fingerprint density at radius 2 is 1.91 bits per heavy atom. The van der Waals surface area contributed by atoms with E-state index in [1.54, 1.807) is 6.07 Å². The molecular formula is C15H20Cl2N2O4. The molecule has 3 rings (SSSR count). The van der Waals surface area contributed by atoms with Gasteiger partial charge in [-0.25, -0.2) is 0 Å². The van der Waals surface area contributed by atoms with Crippen LogP contribution in [0.25, 0.3) is 0 Å². The molecule has 128 valence electrons. The largest absolute Gasteiger partial charge is 0.486 e. The number of fused-ring (bicyclic) bond motifs is 1. The Morgan fingerprint density at radius 3 is 2.65 bits per heavy atom. The van der Waals surface area contributed by atoms with Crippen molar-refractivity contribution in [1.82, 2.24) is 5.32 Å². The molecule has 2 heterocycles. The van der Waals surface area contributed by atoms with Gasteiger partial charge in [-0.2, -0.15) is 0 Å². The first kappa shape index (κ1) is 18.1. The van der Waals surface area contributed by atoms with E-state index in [9.17, 15) is 4.79 Å². The molecule has 0 unspecified atom stereocenters. The van der Waals surface area contributed by atoms with Crippen LogP contribution in [0.1, 0.15) is 18.4 Å². The first-order valence-corrected chi connectivity index (χ1v) is 7.69. The van der Waals surface area contributed by atoms with E-state index in [1.165, 1.54) is 0 Å². The van der Waals surface area contributed by atoms with Crippen LogP contribution >= 0.6 is 24.0 Å². The second kappa shape index (κ2) is 7.57. The van der Waals surface area contributed by atoms with Gasteiger partial charge in [0, 0.05) is 19.8 Å². The number of amides is 1. The number of nitrogens with two attached hydrogens (primary N) is 1. The fourth-order valence-electron chi connectivity index (χ4n) is 2.59. The zero-order valence-electron chi connectivity index (χ0n) is 12.6. The molecule has 8 heteroatoms. The highest BCUT2D eigenvalue weighted by Gasteiger charge is 2.35. The molecule has 3 N–H and O–H groups in total. The second-order valence-electron chi connectivity index (χ2n) is 5.55. The summed E-state index contributed by atoms with van der Waals surface area (Å²) in [5.41, 5.74) is 6.14. The number of hydrogen-bond acceptors (Lipinski definition) is 5. The lowest BCUT2D eigenvalue weighted by molar-refractivity contribution is -0.129. The number of rotatable bonds is 3. The minimum Gasteiger partial charge on any atom is -0.486 e. The van der Waals surface area contributed by atoms with E-state index in [1.807, 2.05) is 6.07 Å². The van der Waals surface area contributed by atoms with Crippen LogP contribution in [0.2, 0.25) is 5.02 Å². The van der Waals surface area contributed by atoms with Gasteiger partial charge in [0.2, 0.25) is 5.91 Å². The summed E-state index contributed by atoms with van der Waals surface area (Å²) < 4.78 is 16.2. The maximum absolute atomic E-state index is 12.3. The minimum atomic E-state index is -0.851. The fraction of sp³-hybridized carbons (Fsp3) is 0.533. The molecule has 0 spiro atoms. The van der Waals surface area contributed by atoms with Gasteiger partial charge in [-0.3, -0.25) is 4.79 Å². The Kier molecular flexibility index (Phi) is 5.97. The third-order valence-corrected chi connectivity index (χ3v) is 4.23. The van der Waals surface area contributed by atoms with Gasteiger partial charge in [0.15, 0.2) is 11.5 Å². The van der Waals surface area contributed by atoms with Crippen LogP contribution in [0, 0.1) is 0 Å². The Hall–Kier alpha value is -1.21. The molecule has 2 aliphatic heterocycles. The molecule has 0 aromatic heterocycles. The van der Waals surface area contributed by atoms with E-state index in [0.717, 1.165) is 5.56 Å². The normalized spacial score (nSPS) is 18.7. The Bertz CT molecular complexity index is 577. The summed E-state index contributed by atoms with van der Waals surface area (Å²) >= 11 is 6.18.